The monoisotopic (exact) mass is 286 g/mol. The van der Waals surface area contributed by atoms with Crippen molar-refractivity contribution in [3.63, 3.8) is 0 Å². The van der Waals surface area contributed by atoms with Crippen LogP contribution in [0.4, 0.5) is 11.6 Å². The number of hydrogen-bond acceptors (Lipinski definition) is 5. The summed E-state index contributed by atoms with van der Waals surface area (Å²) in [6, 6.07) is 0. The van der Waals surface area contributed by atoms with Crippen molar-refractivity contribution in [1.82, 2.24) is 19.7 Å². The molecule has 6 nitrogen and oxygen atoms in total. The highest BCUT2D eigenvalue weighted by molar-refractivity contribution is 5.57. The van der Waals surface area contributed by atoms with E-state index in [4.69, 9.17) is 4.98 Å². The highest BCUT2D eigenvalue weighted by Crippen LogP contribution is 2.39. The van der Waals surface area contributed by atoms with Crippen LogP contribution in [0.15, 0.2) is 12.4 Å². The van der Waals surface area contributed by atoms with Crippen molar-refractivity contribution in [3.8, 4) is 0 Å². The third-order valence-electron chi connectivity index (χ3n) is 3.67. The molecule has 6 heteroatoms. The van der Waals surface area contributed by atoms with E-state index in [1.165, 1.54) is 12.8 Å². The average Bonchev–Trinajstić information content (AvgIpc) is 3.23. The van der Waals surface area contributed by atoms with Crippen LogP contribution < -0.4 is 10.6 Å². The molecule has 1 saturated carbocycles. The third kappa shape index (κ3) is 3.15. The zero-order chi connectivity index (χ0) is 14.8. The molecule has 0 bridgehead atoms. The molecule has 1 fully saturated rings. The van der Waals surface area contributed by atoms with Gasteiger partial charge in [-0.25, -0.2) is 9.97 Å². The van der Waals surface area contributed by atoms with Crippen molar-refractivity contribution < 1.29 is 0 Å². The van der Waals surface area contributed by atoms with Gasteiger partial charge in [0.25, 0.3) is 0 Å². The third-order valence-corrected chi connectivity index (χ3v) is 3.67. The van der Waals surface area contributed by atoms with Gasteiger partial charge >= 0.3 is 0 Å². The molecule has 1 aliphatic carbocycles. The quantitative estimate of drug-likeness (QED) is 0.853. The molecule has 2 N–H and O–H groups in total. The maximum atomic E-state index is 4.71. The van der Waals surface area contributed by atoms with E-state index in [1.54, 1.807) is 0 Å². The van der Waals surface area contributed by atoms with Crippen molar-refractivity contribution in [2.24, 2.45) is 7.05 Å². The van der Waals surface area contributed by atoms with Gasteiger partial charge in [-0.3, -0.25) is 4.68 Å². The van der Waals surface area contributed by atoms with Crippen molar-refractivity contribution in [1.29, 1.82) is 0 Å². The predicted molar refractivity (Wildman–Crippen MR) is 83.4 cm³/mol. The van der Waals surface area contributed by atoms with Crippen LogP contribution >= 0.6 is 0 Å². The molecule has 0 atom stereocenters. The molecule has 0 aromatic carbocycles. The fourth-order valence-corrected chi connectivity index (χ4v) is 2.32. The van der Waals surface area contributed by atoms with Gasteiger partial charge in [-0.05, 0) is 26.7 Å². The largest absolute Gasteiger partial charge is 0.370 e. The molecule has 0 aliphatic heterocycles. The van der Waals surface area contributed by atoms with Gasteiger partial charge in [0.2, 0.25) is 0 Å². The van der Waals surface area contributed by atoms with E-state index in [0.717, 1.165) is 41.7 Å². The molecule has 0 radical (unpaired) electrons. The Bertz CT molecular complexity index is 629. The Kier molecular flexibility index (Phi) is 3.77. The number of nitrogens with one attached hydrogen (secondary N) is 2. The second-order valence-electron chi connectivity index (χ2n) is 5.58. The van der Waals surface area contributed by atoms with Gasteiger partial charge in [0, 0.05) is 43.4 Å². The average molecular weight is 286 g/mol. The van der Waals surface area contributed by atoms with Crippen molar-refractivity contribution >= 4 is 11.6 Å². The molecule has 2 heterocycles. The first-order valence-electron chi connectivity index (χ1n) is 7.51. The lowest BCUT2D eigenvalue weighted by Crippen LogP contribution is -2.10. The van der Waals surface area contributed by atoms with E-state index in [9.17, 15) is 0 Å². The zero-order valence-electron chi connectivity index (χ0n) is 12.8. The summed E-state index contributed by atoms with van der Waals surface area (Å²) >= 11 is 0. The van der Waals surface area contributed by atoms with E-state index in [2.05, 4.69) is 34.6 Å². The van der Waals surface area contributed by atoms with Crippen LogP contribution in [-0.2, 0) is 13.6 Å². The zero-order valence-corrected chi connectivity index (χ0v) is 12.8. The van der Waals surface area contributed by atoms with Gasteiger partial charge in [-0.1, -0.05) is 0 Å². The lowest BCUT2D eigenvalue weighted by molar-refractivity contribution is 0.767. The SMILES string of the molecule is CCNc1nc(C2CC2)nc(NCc2cnn(C)c2)c1C. The van der Waals surface area contributed by atoms with Gasteiger partial charge in [0.05, 0.1) is 6.20 Å². The Morgan fingerprint density at radius 1 is 1.24 bits per heavy atom. The minimum absolute atomic E-state index is 0.543. The molecule has 1 aliphatic rings. The first kappa shape index (κ1) is 13.9. The molecule has 112 valence electrons. The molecule has 0 saturated heterocycles. The maximum absolute atomic E-state index is 4.71. The summed E-state index contributed by atoms with van der Waals surface area (Å²) < 4.78 is 1.81. The van der Waals surface area contributed by atoms with Crippen LogP contribution in [-0.4, -0.2) is 26.3 Å². The Hall–Kier alpha value is -2.11. The molecule has 0 spiro atoms. The Morgan fingerprint density at radius 3 is 2.52 bits per heavy atom. The summed E-state index contributed by atoms with van der Waals surface area (Å²) in [6.07, 6.45) is 6.29. The summed E-state index contributed by atoms with van der Waals surface area (Å²) in [5.41, 5.74) is 2.22. The molecule has 21 heavy (non-hydrogen) atoms. The van der Waals surface area contributed by atoms with Gasteiger partial charge in [-0.15, -0.1) is 0 Å². The smallest absolute Gasteiger partial charge is 0.136 e. The van der Waals surface area contributed by atoms with Crippen LogP contribution in [0.5, 0.6) is 0 Å². The number of anilines is 2. The van der Waals surface area contributed by atoms with Crippen LogP contribution in [0.1, 0.15) is 42.6 Å². The number of rotatable bonds is 6. The molecule has 0 unspecified atom stereocenters. The van der Waals surface area contributed by atoms with Crippen LogP contribution in [0.25, 0.3) is 0 Å². The predicted octanol–water partition coefficient (Wildman–Crippen LogP) is 2.44. The standard InChI is InChI=1S/C15H22N6/c1-4-16-13-10(2)14(20-15(19-13)12-5-6-12)17-7-11-8-18-21(3)9-11/h8-9,12H,4-7H2,1-3H3,(H2,16,17,19,20). The maximum Gasteiger partial charge on any atom is 0.136 e. The molecule has 2 aromatic rings. The highest BCUT2D eigenvalue weighted by atomic mass is 15.2. The molecule has 3 rings (SSSR count). The summed E-state index contributed by atoms with van der Waals surface area (Å²) in [7, 11) is 1.92. The van der Waals surface area contributed by atoms with Gasteiger partial charge < -0.3 is 10.6 Å². The molecule has 0 amide bonds. The Balaban J connectivity index is 1.81. The molecular formula is C15H22N6. The topological polar surface area (TPSA) is 67.7 Å². The van der Waals surface area contributed by atoms with Crippen molar-refractivity contribution in [2.75, 3.05) is 17.2 Å². The van der Waals surface area contributed by atoms with Gasteiger partial charge in [0.15, 0.2) is 0 Å². The number of nitrogens with zero attached hydrogens (tertiary/aromatic N) is 4. The second kappa shape index (κ2) is 5.71. The number of hydrogen-bond donors (Lipinski definition) is 2. The first-order valence-corrected chi connectivity index (χ1v) is 7.51. The summed E-state index contributed by atoms with van der Waals surface area (Å²) in [5, 5.41) is 10.9. The molecule has 2 aromatic heterocycles. The fourth-order valence-electron chi connectivity index (χ4n) is 2.32. The second-order valence-corrected chi connectivity index (χ2v) is 5.58. The fraction of sp³-hybridized carbons (Fsp3) is 0.533. The van der Waals surface area contributed by atoms with Crippen LogP contribution in [0.2, 0.25) is 0 Å². The van der Waals surface area contributed by atoms with E-state index < -0.39 is 0 Å². The Morgan fingerprint density at radius 2 is 1.95 bits per heavy atom. The number of aromatic nitrogens is 4. The highest BCUT2D eigenvalue weighted by Gasteiger charge is 2.28. The van der Waals surface area contributed by atoms with Gasteiger partial charge in [0.1, 0.15) is 17.5 Å². The summed E-state index contributed by atoms with van der Waals surface area (Å²) in [4.78, 5) is 9.37. The lowest BCUT2D eigenvalue weighted by atomic mass is 10.2. The van der Waals surface area contributed by atoms with E-state index in [-0.39, 0.29) is 0 Å². The van der Waals surface area contributed by atoms with Crippen molar-refractivity contribution in [3.05, 3.63) is 29.3 Å². The summed E-state index contributed by atoms with van der Waals surface area (Å²) in [6.45, 7) is 5.73. The molecular weight excluding hydrogens is 264 g/mol. The lowest BCUT2D eigenvalue weighted by Gasteiger charge is -2.14. The minimum Gasteiger partial charge on any atom is -0.370 e. The van der Waals surface area contributed by atoms with E-state index >= 15 is 0 Å². The first-order chi connectivity index (χ1) is 10.2. The number of aryl methyl sites for hydroxylation is 1. The summed E-state index contributed by atoms with van der Waals surface area (Å²) in [5.74, 6) is 3.38. The van der Waals surface area contributed by atoms with Crippen molar-refractivity contribution in [2.45, 2.75) is 39.2 Å². The van der Waals surface area contributed by atoms with Crippen LogP contribution in [0.3, 0.4) is 0 Å². The Labute approximate surface area is 125 Å². The van der Waals surface area contributed by atoms with E-state index in [0.29, 0.717) is 5.92 Å². The normalized spacial score (nSPS) is 14.2. The van der Waals surface area contributed by atoms with Crippen LogP contribution in [0, 0.1) is 6.92 Å². The minimum atomic E-state index is 0.543. The van der Waals surface area contributed by atoms with E-state index in [1.807, 2.05) is 24.1 Å². The van der Waals surface area contributed by atoms with Gasteiger partial charge in [-0.2, -0.15) is 5.10 Å².